The molecule has 15 heavy (non-hydrogen) atoms. The molecule has 0 atom stereocenters. The second kappa shape index (κ2) is 25.0. The van der Waals surface area contributed by atoms with E-state index >= 15 is 0 Å². The van der Waals surface area contributed by atoms with Gasteiger partial charge in [0.25, 0.3) is 8.25 Å². The van der Waals surface area contributed by atoms with Gasteiger partial charge in [0, 0.05) is 0 Å². The van der Waals surface area contributed by atoms with E-state index in [1.54, 1.807) is 0 Å². The van der Waals surface area contributed by atoms with Gasteiger partial charge in [0.2, 0.25) is 0 Å². The van der Waals surface area contributed by atoms with Crippen molar-refractivity contribution >= 4 is 8.25 Å². The van der Waals surface area contributed by atoms with Gasteiger partial charge >= 0.3 is 59.1 Å². The topological polar surface area (TPSA) is 63.2 Å². The van der Waals surface area contributed by atoms with Crippen LogP contribution in [0.15, 0.2) is 0 Å². The van der Waals surface area contributed by atoms with Crippen molar-refractivity contribution in [3.05, 3.63) is 0 Å². The van der Waals surface area contributed by atoms with Crippen LogP contribution in [0.25, 0.3) is 0 Å². The van der Waals surface area contributed by atoms with Gasteiger partial charge in [-0.1, -0.05) is 63.4 Å². The van der Waals surface area contributed by atoms with Gasteiger partial charge in [0.1, 0.15) is 0 Å². The molecule has 0 radical (unpaired) electrons. The van der Waals surface area contributed by atoms with Crippen LogP contribution >= 0.6 is 8.25 Å². The summed E-state index contributed by atoms with van der Waals surface area (Å²) in [5.41, 5.74) is 0. The van der Waals surface area contributed by atoms with E-state index in [9.17, 15) is 0 Å². The third-order valence-corrected chi connectivity index (χ3v) is 1.71. The fourth-order valence-corrected chi connectivity index (χ4v) is 1.03. The molecule has 0 aromatic carbocycles. The Morgan fingerprint density at radius 1 is 0.800 bits per heavy atom. The molecule has 0 heterocycles. The summed E-state index contributed by atoms with van der Waals surface area (Å²) < 4.78 is 8.48. The summed E-state index contributed by atoms with van der Waals surface area (Å²) >= 11 is 0. The molecule has 0 saturated carbocycles. The molecule has 0 fully saturated rings. The first kappa shape index (κ1) is 25.8. The summed E-state index contributed by atoms with van der Waals surface area (Å²) in [6.45, 7) is 4.53. The van der Waals surface area contributed by atoms with Gasteiger partial charge in [-0.05, 0) is 0 Å². The largest absolute Gasteiger partial charge is 1.00 e. The predicted octanol–water partition coefficient (Wildman–Crippen LogP) is -3.87. The SMILES string of the molecule is CCCCCCCCC.O=[P+]([O-])[O-].[Na+].[Na+]. The van der Waals surface area contributed by atoms with E-state index in [4.69, 9.17) is 14.4 Å². The third-order valence-electron chi connectivity index (χ3n) is 1.71. The molecule has 0 aliphatic rings. The van der Waals surface area contributed by atoms with E-state index in [0.29, 0.717) is 0 Å². The Morgan fingerprint density at radius 3 is 1.20 bits per heavy atom. The molecule has 80 valence electrons. The van der Waals surface area contributed by atoms with Crippen molar-refractivity contribution in [3.8, 4) is 0 Å². The van der Waals surface area contributed by atoms with Crippen LogP contribution < -0.4 is 68.9 Å². The standard InChI is InChI=1S/C9H20.2Na.HO3P/c1-3-5-7-9-8-6-4-2;;;1-4(2)3/h3-9H2,1-2H3;;;(H,1,2,3)/q;2*+1;/p-1. The molecule has 0 unspecified atom stereocenters. The van der Waals surface area contributed by atoms with Crippen LogP contribution in [0.5, 0.6) is 0 Å². The van der Waals surface area contributed by atoms with Gasteiger partial charge < -0.3 is 9.79 Å². The van der Waals surface area contributed by atoms with E-state index in [-0.39, 0.29) is 59.1 Å². The van der Waals surface area contributed by atoms with Gasteiger partial charge in [0.05, 0.1) is 0 Å². The van der Waals surface area contributed by atoms with Crippen LogP contribution in [-0.2, 0) is 4.57 Å². The first-order valence-corrected chi connectivity index (χ1v) is 6.06. The molecular formula is C9H20Na2O3P+. The Morgan fingerprint density at radius 2 is 1.00 bits per heavy atom. The van der Waals surface area contributed by atoms with Crippen LogP contribution in [-0.4, -0.2) is 0 Å². The third kappa shape index (κ3) is 49.0. The van der Waals surface area contributed by atoms with E-state index in [0.717, 1.165) is 0 Å². The summed E-state index contributed by atoms with van der Waals surface area (Å²) in [6.07, 6.45) is 9.97. The fourth-order valence-electron chi connectivity index (χ4n) is 1.03. The first-order valence-electron chi connectivity index (χ1n) is 4.96. The van der Waals surface area contributed by atoms with Crippen LogP contribution in [0.1, 0.15) is 58.8 Å². The van der Waals surface area contributed by atoms with Gasteiger partial charge in [0.15, 0.2) is 0 Å². The fraction of sp³-hybridized carbons (Fsp3) is 1.00. The summed E-state index contributed by atoms with van der Waals surface area (Å²) in [6, 6.07) is 0. The average molecular weight is 253 g/mol. The van der Waals surface area contributed by atoms with Crippen molar-refractivity contribution in [2.75, 3.05) is 0 Å². The smallest absolute Gasteiger partial charge is 0.598 e. The van der Waals surface area contributed by atoms with Gasteiger partial charge in [-0.15, -0.1) is 0 Å². The Hall–Kier alpha value is 2.02. The van der Waals surface area contributed by atoms with Crippen LogP contribution in [0.2, 0.25) is 0 Å². The molecule has 0 bridgehead atoms. The average Bonchev–Trinajstić information content (AvgIpc) is 2.03. The monoisotopic (exact) mass is 253 g/mol. The maximum absolute atomic E-state index is 8.48. The van der Waals surface area contributed by atoms with Gasteiger partial charge in [-0.3, -0.25) is 0 Å². The molecule has 0 aliphatic heterocycles. The second-order valence-electron chi connectivity index (χ2n) is 2.99. The Labute approximate surface area is 139 Å². The predicted molar refractivity (Wildman–Crippen MR) is 51.3 cm³/mol. The summed E-state index contributed by atoms with van der Waals surface area (Å²) in [5, 5.41) is 0. The zero-order valence-electron chi connectivity index (χ0n) is 10.6. The molecule has 0 N–H and O–H groups in total. The Kier molecular flexibility index (Phi) is 43.0. The van der Waals surface area contributed by atoms with E-state index in [2.05, 4.69) is 13.8 Å². The number of hydrogen-bond acceptors (Lipinski definition) is 3. The van der Waals surface area contributed by atoms with E-state index in [1.807, 2.05) is 0 Å². The zero-order chi connectivity index (χ0) is 10.5. The van der Waals surface area contributed by atoms with Gasteiger partial charge in [-0.25, -0.2) is 0 Å². The minimum absolute atomic E-state index is 0. The summed E-state index contributed by atoms with van der Waals surface area (Å²) in [4.78, 5) is 17.0. The number of hydrogen-bond donors (Lipinski definition) is 0. The van der Waals surface area contributed by atoms with Gasteiger partial charge in [-0.2, -0.15) is 0 Å². The molecule has 0 rings (SSSR count). The van der Waals surface area contributed by atoms with Crippen molar-refractivity contribution in [3.63, 3.8) is 0 Å². The summed E-state index contributed by atoms with van der Waals surface area (Å²) in [5.74, 6) is 0. The minimum atomic E-state index is -3.37. The molecule has 3 nitrogen and oxygen atoms in total. The molecule has 0 aromatic heterocycles. The molecule has 0 aromatic rings. The van der Waals surface area contributed by atoms with Crippen molar-refractivity contribution < 1.29 is 73.5 Å². The van der Waals surface area contributed by atoms with Crippen LogP contribution in [0, 0.1) is 0 Å². The number of rotatable bonds is 6. The van der Waals surface area contributed by atoms with Crippen molar-refractivity contribution in [2.24, 2.45) is 0 Å². The molecule has 0 aliphatic carbocycles. The van der Waals surface area contributed by atoms with Crippen LogP contribution in [0.3, 0.4) is 0 Å². The van der Waals surface area contributed by atoms with Crippen molar-refractivity contribution in [2.45, 2.75) is 58.8 Å². The Bertz CT molecular complexity index is 106. The summed E-state index contributed by atoms with van der Waals surface area (Å²) in [7, 11) is -3.37. The normalized spacial score (nSPS) is 7.73. The maximum atomic E-state index is 8.48. The molecular weight excluding hydrogens is 233 g/mol. The van der Waals surface area contributed by atoms with Crippen LogP contribution in [0.4, 0.5) is 0 Å². The molecule has 0 spiro atoms. The maximum Gasteiger partial charge on any atom is 1.00 e. The quantitative estimate of drug-likeness (QED) is 0.276. The molecule has 6 heteroatoms. The van der Waals surface area contributed by atoms with Crippen molar-refractivity contribution in [1.29, 1.82) is 0 Å². The minimum Gasteiger partial charge on any atom is -0.598 e. The van der Waals surface area contributed by atoms with Crippen molar-refractivity contribution in [1.82, 2.24) is 0 Å². The Balaban J connectivity index is -0.0000000883. The first-order chi connectivity index (χ1) is 6.15. The zero-order valence-corrected chi connectivity index (χ0v) is 15.5. The number of unbranched alkanes of at least 4 members (excludes halogenated alkanes) is 6. The molecule has 0 saturated heterocycles. The molecule has 0 amide bonds. The van der Waals surface area contributed by atoms with E-state index < -0.39 is 8.25 Å². The second-order valence-corrected chi connectivity index (χ2v) is 3.44. The van der Waals surface area contributed by atoms with E-state index in [1.165, 1.54) is 44.9 Å².